The van der Waals surface area contributed by atoms with Gasteiger partial charge in [0.15, 0.2) is 17.5 Å². The Labute approximate surface area is 144 Å². The largest absolute Gasteiger partial charge is 0.345 e. The monoisotopic (exact) mass is 357 g/mol. The van der Waals surface area contributed by atoms with Crippen molar-refractivity contribution in [2.24, 2.45) is 0 Å². The van der Waals surface area contributed by atoms with Crippen LogP contribution in [0.25, 0.3) is 0 Å². The van der Waals surface area contributed by atoms with Crippen molar-refractivity contribution in [2.75, 3.05) is 5.32 Å². The van der Waals surface area contributed by atoms with Gasteiger partial charge in [-0.1, -0.05) is 0 Å². The van der Waals surface area contributed by atoms with E-state index in [2.05, 4.69) is 10.6 Å². The average Bonchev–Trinajstić information content (AvgIpc) is 2.44. The van der Waals surface area contributed by atoms with Gasteiger partial charge >= 0.3 is 11.8 Å². The van der Waals surface area contributed by atoms with Gasteiger partial charge in [-0.3, -0.25) is 9.59 Å². The van der Waals surface area contributed by atoms with Gasteiger partial charge < -0.3 is 16.0 Å². The maximum atomic E-state index is 13.6. The molecule has 1 saturated heterocycles. The van der Waals surface area contributed by atoms with Crippen LogP contribution in [-0.2, 0) is 9.59 Å². The number of rotatable bonds is 2. The molecule has 1 aromatic carbocycles. The topological polar surface area (TPSA) is 70.2 Å². The van der Waals surface area contributed by atoms with Crippen molar-refractivity contribution in [3.8, 4) is 0 Å². The number of carbonyl (C=O) groups is 2. The molecule has 0 radical (unpaired) electrons. The molecule has 0 spiro atoms. The van der Waals surface area contributed by atoms with Crippen molar-refractivity contribution in [2.45, 2.75) is 57.7 Å². The number of anilines is 1. The Morgan fingerprint density at radius 3 is 2.12 bits per heavy atom. The first-order valence-electron chi connectivity index (χ1n) is 7.95. The van der Waals surface area contributed by atoms with E-state index in [1.165, 1.54) is 0 Å². The molecule has 1 aliphatic heterocycles. The van der Waals surface area contributed by atoms with Crippen molar-refractivity contribution >= 4 is 17.5 Å². The molecule has 138 valence electrons. The summed E-state index contributed by atoms with van der Waals surface area (Å²) < 4.78 is 39.7. The third-order valence-corrected chi connectivity index (χ3v) is 4.02. The Bertz CT molecular complexity index is 689. The first kappa shape index (κ1) is 19.2. The van der Waals surface area contributed by atoms with Gasteiger partial charge in [0, 0.05) is 17.1 Å². The molecule has 0 atom stereocenters. The van der Waals surface area contributed by atoms with Gasteiger partial charge in [0.1, 0.15) is 0 Å². The Hall–Kier alpha value is -2.09. The molecular weight excluding hydrogens is 335 g/mol. The molecule has 1 aliphatic rings. The standard InChI is InChI=1S/C17H22F3N3O2/c1-16(2)7-9(8-17(3,4)23-16)21-14(24)15(25)22-11-6-5-10(18)12(19)13(11)20/h5-6,9,23H,7-8H2,1-4H3,(H,21,24)(H,22,25). The fraction of sp³-hybridized carbons (Fsp3) is 0.529. The van der Waals surface area contributed by atoms with E-state index in [1.54, 1.807) is 0 Å². The quantitative estimate of drug-likeness (QED) is 0.563. The van der Waals surface area contributed by atoms with Crippen LogP contribution in [0.15, 0.2) is 12.1 Å². The third kappa shape index (κ3) is 4.72. The predicted octanol–water partition coefficient (Wildman–Crippen LogP) is 2.47. The van der Waals surface area contributed by atoms with E-state index in [0.29, 0.717) is 18.9 Å². The Balaban J connectivity index is 2.04. The highest BCUT2D eigenvalue weighted by atomic mass is 19.2. The van der Waals surface area contributed by atoms with E-state index in [0.717, 1.165) is 6.07 Å². The molecule has 0 saturated carbocycles. The Morgan fingerprint density at radius 1 is 1.00 bits per heavy atom. The van der Waals surface area contributed by atoms with Crippen LogP contribution in [0.5, 0.6) is 0 Å². The second-order valence-electron chi connectivity index (χ2n) is 7.65. The van der Waals surface area contributed by atoms with Crippen LogP contribution in [0, 0.1) is 17.5 Å². The number of amides is 2. The van der Waals surface area contributed by atoms with Gasteiger partial charge in [-0.05, 0) is 52.7 Å². The number of nitrogens with one attached hydrogen (secondary N) is 3. The molecule has 0 aromatic heterocycles. The summed E-state index contributed by atoms with van der Waals surface area (Å²) in [4.78, 5) is 24.0. The molecule has 2 rings (SSSR count). The number of piperidine rings is 1. The van der Waals surface area contributed by atoms with Crippen LogP contribution >= 0.6 is 0 Å². The zero-order valence-electron chi connectivity index (χ0n) is 14.6. The number of benzene rings is 1. The molecule has 5 nitrogen and oxygen atoms in total. The summed E-state index contributed by atoms with van der Waals surface area (Å²) >= 11 is 0. The zero-order chi connectivity index (χ0) is 19.0. The minimum absolute atomic E-state index is 0.234. The molecule has 0 aliphatic carbocycles. The third-order valence-electron chi connectivity index (χ3n) is 4.02. The van der Waals surface area contributed by atoms with Gasteiger partial charge in [-0.25, -0.2) is 13.2 Å². The van der Waals surface area contributed by atoms with E-state index < -0.39 is 35.0 Å². The predicted molar refractivity (Wildman–Crippen MR) is 87.4 cm³/mol. The summed E-state index contributed by atoms with van der Waals surface area (Å²) in [6, 6.07) is 1.28. The second-order valence-corrected chi connectivity index (χ2v) is 7.65. The maximum Gasteiger partial charge on any atom is 0.313 e. The van der Waals surface area contributed by atoms with Crippen LogP contribution in [0.2, 0.25) is 0 Å². The summed E-state index contributed by atoms with van der Waals surface area (Å²) in [7, 11) is 0. The van der Waals surface area contributed by atoms with Crippen LogP contribution < -0.4 is 16.0 Å². The SMILES string of the molecule is CC1(C)CC(NC(=O)C(=O)Nc2ccc(F)c(F)c2F)CC(C)(C)N1. The summed E-state index contributed by atoms with van der Waals surface area (Å²) in [6.45, 7) is 7.96. The smallest absolute Gasteiger partial charge is 0.313 e. The summed E-state index contributed by atoms with van der Waals surface area (Å²) in [5.41, 5.74) is -1.06. The minimum atomic E-state index is -1.71. The first-order valence-corrected chi connectivity index (χ1v) is 7.95. The van der Waals surface area contributed by atoms with Crippen molar-refractivity contribution in [1.82, 2.24) is 10.6 Å². The van der Waals surface area contributed by atoms with Crippen LogP contribution in [-0.4, -0.2) is 28.9 Å². The van der Waals surface area contributed by atoms with Crippen LogP contribution in [0.4, 0.5) is 18.9 Å². The van der Waals surface area contributed by atoms with Gasteiger partial charge in [0.25, 0.3) is 0 Å². The molecule has 1 aromatic rings. The van der Waals surface area contributed by atoms with Gasteiger partial charge in [-0.15, -0.1) is 0 Å². The Morgan fingerprint density at radius 2 is 1.56 bits per heavy atom. The van der Waals surface area contributed by atoms with Crippen molar-refractivity contribution in [3.05, 3.63) is 29.6 Å². The fourth-order valence-corrected chi connectivity index (χ4v) is 3.48. The van der Waals surface area contributed by atoms with Crippen LogP contribution in [0.3, 0.4) is 0 Å². The average molecular weight is 357 g/mol. The molecule has 1 fully saturated rings. The van der Waals surface area contributed by atoms with E-state index in [-0.39, 0.29) is 17.1 Å². The lowest BCUT2D eigenvalue weighted by Gasteiger charge is -2.46. The van der Waals surface area contributed by atoms with Crippen LogP contribution in [0.1, 0.15) is 40.5 Å². The Kier molecular flexibility index (Phi) is 5.13. The number of hydrogen-bond donors (Lipinski definition) is 3. The second kappa shape index (κ2) is 6.67. The number of carbonyl (C=O) groups excluding carboxylic acids is 2. The molecule has 3 N–H and O–H groups in total. The molecule has 0 bridgehead atoms. The molecule has 25 heavy (non-hydrogen) atoms. The molecule has 2 amide bonds. The van der Waals surface area contributed by atoms with E-state index in [4.69, 9.17) is 0 Å². The van der Waals surface area contributed by atoms with Gasteiger partial charge in [0.05, 0.1) is 5.69 Å². The first-order chi connectivity index (χ1) is 11.4. The lowest BCUT2D eigenvalue weighted by molar-refractivity contribution is -0.137. The zero-order valence-corrected chi connectivity index (χ0v) is 14.6. The highest BCUT2D eigenvalue weighted by molar-refractivity contribution is 6.39. The normalized spacial score (nSPS) is 19.3. The van der Waals surface area contributed by atoms with Gasteiger partial charge in [0.2, 0.25) is 0 Å². The van der Waals surface area contributed by atoms with Crippen molar-refractivity contribution in [1.29, 1.82) is 0 Å². The van der Waals surface area contributed by atoms with Gasteiger partial charge in [-0.2, -0.15) is 0 Å². The maximum absolute atomic E-state index is 13.6. The fourth-order valence-electron chi connectivity index (χ4n) is 3.48. The van der Waals surface area contributed by atoms with Crippen molar-refractivity contribution in [3.63, 3.8) is 0 Å². The highest BCUT2D eigenvalue weighted by Gasteiger charge is 2.38. The summed E-state index contributed by atoms with van der Waals surface area (Å²) in [5, 5.41) is 8.02. The molecule has 1 heterocycles. The number of hydrogen-bond acceptors (Lipinski definition) is 3. The lowest BCUT2D eigenvalue weighted by atomic mass is 9.79. The molecule has 0 unspecified atom stereocenters. The number of halogens is 3. The molecule has 8 heteroatoms. The lowest BCUT2D eigenvalue weighted by Crippen LogP contribution is -2.62. The molecular formula is C17H22F3N3O2. The summed E-state index contributed by atoms with van der Waals surface area (Å²) in [6.07, 6.45) is 1.21. The van der Waals surface area contributed by atoms with E-state index in [9.17, 15) is 22.8 Å². The van der Waals surface area contributed by atoms with Crippen molar-refractivity contribution < 1.29 is 22.8 Å². The minimum Gasteiger partial charge on any atom is -0.345 e. The van der Waals surface area contributed by atoms with E-state index >= 15 is 0 Å². The van der Waals surface area contributed by atoms with E-state index in [1.807, 2.05) is 33.0 Å². The summed E-state index contributed by atoms with van der Waals surface area (Å²) in [5.74, 6) is -6.73. The highest BCUT2D eigenvalue weighted by Crippen LogP contribution is 2.28.